The molecule has 1 heterocycles. The van der Waals surface area contributed by atoms with Gasteiger partial charge >= 0.3 is 6.01 Å². The molecular formula is C13H15N3O. The summed E-state index contributed by atoms with van der Waals surface area (Å²) in [5.41, 5.74) is 2.18. The minimum absolute atomic E-state index is 0.371. The molecule has 0 fully saturated rings. The summed E-state index contributed by atoms with van der Waals surface area (Å²) in [4.78, 5) is 8.30. The largest absolute Gasteiger partial charge is 0.424 e. The number of benzene rings is 1. The molecule has 4 nitrogen and oxygen atoms in total. The average Bonchev–Trinajstić information content (AvgIpc) is 2.32. The van der Waals surface area contributed by atoms with Gasteiger partial charge in [0.1, 0.15) is 5.75 Å². The van der Waals surface area contributed by atoms with Gasteiger partial charge in [0.25, 0.3) is 0 Å². The van der Waals surface area contributed by atoms with E-state index < -0.39 is 0 Å². The van der Waals surface area contributed by atoms with Crippen molar-refractivity contribution in [3.63, 3.8) is 0 Å². The lowest BCUT2D eigenvalue weighted by molar-refractivity contribution is 0.440. The van der Waals surface area contributed by atoms with Crippen molar-refractivity contribution in [3.05, 3.63) is 47.8 Å². The van der Waals surface area contributed by atoms with Gasteiger partial charge in [-0.05, 0) is 31.7 Å². The third-order valence-electron chi connectivity index (χ3n) is 2.26. The Morgan fingerprint density at radius 1 is 1.24 bits per heavy atom. The maximum absolute atomic E-state index is 5.55. The molecule has 0 saturated heterocycles. The summed E-state index contributed by atoms with van der Waals surface area (Å²) >= 11 is 0. The Labute approximate surface area is 101 Å². The highest BCUT2D eigenvalue weighted by atomic mass is 16.5. The first-order valence-electron chi connectivity index (χ1n) is 5.48. The van der Waals surface area contributed by atoms with E-state index in [1.54, 1.807) is 12.4 Å². The molecule has 2 aromatic rings. The van der Waals surface area contributed by atoms with Gasteiger partial charge in [-0.25, -0.2) is 9.97 Å². The van der Waals surface area contributed by atoms with Gasteiger partial charge in [-0.15, -0.1) is 0 Å². The molecule has 17 heavy (non-hydrogen) atoms. The molecular weight excluding hydrogens is 214 g/mol. The van der Waals surface area contributed by atoms with Gasteiger partial charge in [0.15, 0.2) is 0 Å². The Hall–Kier alpha value is -1.94. The maximum Gasteiger partial charge on any atom is 0.321 e. The summed E-state index contributed by atoms with van der Waals surface area (Å²) < 4.78 is 5.55. The van der Waals surface area contributed by atoms with Crippen LogP contribution in [0.4, 0.5) is 0 Å². The third-order valence-corrected chi connectivity index (χ3v) is 2.26. The molecule has 2 rings (SSSR count). The van der Waals surface area contributed by atoms with Crippen molar-refractivity contribution in [1.29, 1.82) is 0 Å². The lowest BCUT2D eigenvalue weighted by Crippen LogP contribution is -2.06. The number of aryl methyl sites for hydroxylation is 1. The predicted octanol–water partition coefficient (Wildman–Crippen LogP) is 2.30. The Balaban J connectivity index is 2.08. The van der Waals surface area contributed by atoms with Crippen molar-refractivity contribution in [1.82, 2.24) is 15.3 Å². The molecule has 0 aliphatic rings. The van der Waals surface area contributed by atoms with Crippen molar-refractivity contribution < 1.29 is 4.74 Å². The van der Waals surface area contributed by atoms with Crippen LogP contribution in [-0.2, 0) is 6.54 Å². The zero-order valence-corrected chi connectivity index (χ0v) is 9.97. The van der Waals surface area contributed by atoms with Crippen LogP contribution in [-0.4, -0.2) is 17.0 Å². The quantitative estimate of drug-likeness (QED) is 0.873. The van der Waals surface area contributed by atoms with Crippen LogP contribution in [0, 0.1) is 6.92 Å². The molecule has 0 unspecified atom stereocenters. The minimum atomic E-state index is 0.371. The standard InChI is InChI=1S/C13H15N3O/c1-10-4-3-5-12(6-10)17-13-15-8-11(7-14-2)9-16-13/h3-6,8-9,14H,7H2,1-2H3. The van der Waals surface area contributed by atoms with Crippen LogP contribution in [0.5, 0.6) is 11.8 Å². The second-order valence-corrected chi connectivity index (χ2v) is 3.82. The van der Waals surface area contributed by atoms with Gasteiger partial charge in [-0.1, -0.05) is 12.1 Å². The molecule has 0 radical (unpaired) electrons. The van der Waals surface area contributed by atoms with Crippen molar-refractivity contribution in [2.75, 3.05) is 7.05 Å². The molecule has 1 aromatic heterocycles. The van der Waals surface area contributed by atoms with Crippen LogP contribution >= 0.6 is 0 Å². The fourth-order valence-corrected chi connectivity index (χ4v) is 1.48. The summed E-state index contributed by atoms with van der Waals surface area (Å²) in [5.74, 6) is 0.756. The highest BCUT2D eigenvalue weighted by Gasteiger charge is 2.00. The monoisotopic (exact) mass is 229 g/mol. The van der Waals surface area contributed by atoms with Crippen LogP contribution in [0.15, 0.2) is 36.7 Å². The number of hydrogen-bond donors (Lipinski definition) is 1. The van der Waals surface area contributed by atoms with E-state index in [2.05, 4.69) is 15.3 Å². The maximum atomic E-state index is 5.55. The Bertz CT molecular complexity index is 482. The van der Waals surface area contributed by atoms with Crippen molar-refractivity contribution in [3.8, 4) is 11.8 Å². The topological polar surface area (TPSA) is 47.0 Å². The summed E-state index contributed by atoms with van der Waals surface area (Å²) in [6.07, 6.45) is 3.52. The van der Waals surface area contributed by atoms with Crippen molar-refractivity contribution >= 4 is 0 Å². The van der Waals surface area contributed by atoms with Crippen molar-refractivity contribution in [2.45, 2.75) is 13.5 Å². The van der Waals surface area contributed by atoms with E-state index in [1.807, 2.05) is 38.2 Å². The van der Waals surface area contributed by atoms with Gasteiger partial charge in [-0.2, -0.15) is 0 Å². The van der Waals surface area contributed by atoms with Gasteiger partial charge in [0.2, 0.25) is 0 Å². The van der Waals surface area contributed by atoms with Crippen molar-refractivity contribution in [2.24, 2.45) is 0 Å². The molecule has 0 aliphatic heterocycles. The smallest absolute Gasteiger partial charge is 0.321 e. The first-order chi connectivity index (χ1) is 8.28. The summed E-state index contributed by atoms with van der Waals surface area (Å²) in [6, 6.07) is 8.17. The van der Waals surface area contributed by atoms with Crippen LogP contribution in [0.1, 0.15) is 11.1 Å². The number of hydrogen-bond acceptors (Lipinski definition) is 4. The fourth-order valence-electron chi connectivity index (χ4n) is 1.48. The number of ether oxygens (including phenoxy) is 1. The molecule has 0 saturated carbocycles. The Kier molecular flexibility index (Phi) is 3.67. The van der Waals surface area contributed by atoms with E-state index in [1.165, 1.54) is 0 Å². The van der Waals surface area contributed by atoms with E-state index in [9.17, 15) is 0 Å². The molecule has 4 heteroatoms. The number of rotatable bonds is 4. The molecule has 0 atom stereocenters. The molecule has 88 valence electrons. The normalized spacial score (nSPS) is 10.2. The molecule has 0 bridgehead atoms. The van der Waals surface area contributed by atoms with E-state index in [4.69, 9.17) is 4.74 Å². The SMILES string of the molecule is CNCc1cnc(Oc2cccc(C)c2)nc1. The van der Waals surface area contributed by atoms with Gasteiger partial charge in [-0.3, -0.25) is 0 Å². The number of nitrogens with zero attached hydrogens (tertiary/aromatic N) is 2. The summed E-state index contributed by atoms with van der Waals surface area (Å²) in [5, 5.41) is 3.04. The molecule has 0 amide bonds. The van der Waals surface area contributed by atoms with E-state index >= 15 is 0 Å². The van der Waals surface area contributed by atoms with E-state index in [-0.39, 0.29) is 0 Å². The Morgan fingerprint density at radius 2 is 2.00 bits per heavy atom. The van der Waals surface area contributed by atoms with Crippen LogP contribution in [0.25, 0.3) is 0 Å². The first-order valence-corrected chi connectivity index (χ1v) is 5.48. The lowest BCUT2D eigenvalue weighted by Gasteiger charge is -2.05. The highest BCUT2D eigenvalue weighted by molar-refractivity contribution is 5.29. The second kappa shape index (κ2) is 5.41. The van der Waals surface area contributed by atoms with Crippen LogP contribution in [0.3, 0.4) is 0 Å². The molecule has 0 spiro atoms. The predicted molar refractivity (Wildman–Crippen MR) is 66.0 cm³/mol. The van der Waals surface area contributed by atoms with E-state index in [0.29, 0.717) is 6.01 Å². The highest BCUT2D eigenvalue weighted by Crippen LogP contribution is 2.18. The molecule has 1 N–H and O–H groups in total. The zero-order valence-electron chi connectivity index (χ0n) is 9.97. The molecule has 1 aromatic carbocycles. The Morgan fingerprint density at radius 3 is 2.65 bits per heavy atom. The van der Waals surface area contributed by atoms with Crippen LogP contribution in [0.2, 0.25) is 0 Å². The van der Waals surface area contributed by atoms with Gasteiger partial charge in [0.05, 0.1) is 0 Å². The fraction of sp³-hybridized carbons (Fsp3) is 0.231. The van der Waals surface area contributed by atoms with Gasteiger partial charge < -0.3 is 10.1 Å². The first kappa shape index (κ1) is 11.5. The number of nitrogens with one attached hydrogen (secondary N) is 1. The molecule has 0 aliphatic carbocycles. The van der Waals surface area contributed by atoms with Gasteiger partial charge in [0, 0.05) is 24.5 Å². The summed E-state index contributed by atoms with van der Waals surface area (Å²) in [6.45, 7) is 2.77. The second-order valence-electron chi connectivity index (χ2n) is 3.82. The zero-order chi connectivity index (χ0) is 12.1. The summed E-state index contributed by atoms with van der Waals surface area (Å²) in [7, 11) is 1.89. The average molecular weight is 229 g/mol. The van der Waals surface area contributed by atoms with E-state index in [0.717, 1.165) is 23.4 Å². The van der Waals surface area contributed by atoms with Crippen LogP contribution < -0.4 is 10.1 Å². The minimum Gasteiger partial charge on any atom is -0.424 e. The number of aromatic nitrogens is 2. The third kappa shape index (κ3) is 3.26. The lowest BCUT2D eigenvalue weighted by atomic mass is 10.2.